The maximum Gasteiger partial charge on any atom is 0.180 e. The van der Waals surface area contributed by atoms with E-state index in [0.717, 1.165) is 41.5 Å². The number of ether oxygens (including phenoxy) is 1. The second-order valence-corrected chi connectivity index (χ2v) is 6.44. The number of nitrogens with one attached hydrogen (secondary N) is 1. The molecule has 0 amide bonds. The summed E-state index contributed by atoms with van der Waals surface area (Å²) < 4.78 is 5.21. The molecule has 144 valence electrons. The number of methoxy groups -OCH3 is 1. The van der Waals surface area contributed by atoms with Gasteiger partial charge in [0.15, 0.2) is 5.82 Å². The van der Waals surface area contributed by atoms with Crippen LogP contribution in [0.4, 0.5) is 5.82 Å². The zero-order valence-corrected chi connectivity index (χ0v) is 16.1. The summed E-state index contributed by atoms with van der Waals surface area (Å²) in [5.41, 5.74) is 3.70. The van der Waals surface area contributed by atoms with Crippen LogP contribution in [0.5, 0.6) is 5.75 Å². The van der Waals surface area contributed by atoms with Crippen LogP contribution in [0.25, 0.3) is 22.8 Å². The standard InChI is InChI=1S/C23H21N5O/c1-29-19-9-7-17(8-10-19)11-14-26-22-15-21(18-5-4-12-24-16-18)27-23(28-22)20-6-2-3-13-25-20/h2-10,12-13,15-16H,11,14H2,1H3,(H,26,27,28). The Morgan fingerprint density at radius 2 is 1.79 bits per heavy atom. The largest absolute Gasteiger partial charge is 0.497 e. The number of benzene rings is 1. The van der Waals surface area contributed by atoms with Crippen LogP contribution in [0, 0.1) is 0 Å². The van der Waals surface area contributed by atoms with Crippen molar-refractivity contribution in [3.63, 3.8) is 0 Å². The predicted octanol–water partition coefficient (Wildman–Crippen LogP) is 4.26. The lowest BCUT2D eigenvalue weighted by molar-refractivity contribution is 0.414. The molecule has 0 spiro atoms. The Balaban J connectivity index is 1.56. The monoisotopic (exact) mass is 383 g/mol. The van der Waals surface area contributed by atoms with E-state index in [-0.39, 0.29) is 0 Å². The molecule has 0 aliphatic heterocycles. The predicted molar refractivity (Wildman–Crippen MR) is 114 cm³/mol. The molecule has 0 unspecified atom stereocenters. The molecule has 0 saturated heterocycles. The molecule has 0 aliphatic rings. The number of rotatable bonds is 7. The normalized spacial score (nSPS) is 10.5. The van der Waals surface area contributed by atoms with E-state index in [1.165, 1.54) is 5.56 Å². The molecular weight excluding hydrogens is 362 g/mol. The molecule has 1 aromatic carbocycles. The summed E-state index contributed by atoms with van der Waals surface area (Å²) in [6.45, 7) is 0.748. The Labute approximate surface area is 169 Å². The Kier molecular flexibility index (Phi) is 5.71. The molecule has 0 radical (unpaired) electrons. The summed E-state index contributed by atoms with van der Waals surface area (Å²) in [5, 5.41) is 3.41. The van der Waals surface area contributed by atoms with Gasteiger partial charge in [0.2, 0.25) is 0 Å². The number of nitrogens with zero attached hydrogens (tertiary/aromatic N) is 4. The number of pyridine rings is 2. The molecule has 0 bridgehead atoms. The van der Waals surface area contributed by atoms with Crippen LogP contribution < -0.4 is 10.1 Å². The average molecular weight is 383 g/mol. The molecule has 3 aromatic heterocycles. The van der Waals surface area contributed by atoms with Gasteiger partial charge in [-0.1, -0.05) is 18.2 Å². The van der Waals surface area contributed by atoms with Gasteiger partial charge < -0.3 is 10.1 Å². The highest BCUT2D eigenvalue weighted by Crippen LogP contribution is 2.23. The second-order valence-electron chi connectivity index (χ2n) is 6.44. The van der Waals surface area contributed by atoms with Gasteiger partial charge in [-0.15, -0.1) is 0 Å². The van der Waals surface area contributed by atoms with Crippen molar-refractivity contribution in [3.8, 4) is 28.5 Å². The highest BCUT2D eigenvalue weighted by Gasteiger charge is 2.09. The van der Waals surface area contributed by atoms with Crippen molar-refractivity contribution in [1.82, 2.24) is 19.9 Å². The topological polar surface area (TPSA) is 72.8 Å². The molecule has 29 heavy (non-hydrogen) atoms. The van der Waals surface area contributed by atoms with Crippen molar-refractivity contribution in [2.75, 3.05) is 19.0 Å². The second kappa shape index (κ2) is 8.93. The third-order valence-corrected chi connectivity index (χ3v) is 4.46. The van der Waals surface area contributed by atoms with Crippen molar-refractivity contribution in [1.29, 1.82) is 0 Å². The smallest absolute Gasteiger partial charge is 0.180 e. The van der Waals surface area contributed by atoms with Crippen molar-refractivity contribution < 1.29 is 4.74 Å². The lowest BCUT2D eigenvalue weighted by Gasteiger charge is -2.10. The van der Waals surface area contributed by atoms with Crippen LogP contribution >= 0.6 is 0 Å². The van der Waals surface area contributed by atoms with Gasteiger partial charge in [-0.2, -0.15) is 0 Å². The Hall–Kier alpha value is -3.80. The Morgan fingerprint density at radius 3 is 2.52 bits per heavy atom. The van der Waals surface area contributed by atoms with Gasteiger partial charge in [0.1, 0.15) is 17.3 Å². The minimum absolute atomic E-state index is 0.582. The van der Waals surface area contributed by atoms with Crippen LogP contribution in [-0.2, 0) is 6.42 Å². The van der Waals surface area contributed by atoms with Crippen molar-refractivity contribution in [2.24, 2.45) is 0 Å². The summed E-state index contributed by atoms with van der Waals surface area (Å²) in [6, 6.07) is 19.6. The lowest BCUT2D eigenvalue weighted by Crippen LogP contribution is -2.08. The number of hydrogen-bond donors (Lipinski definition) is 1. The van der Waals surface area contributed by atoms with Gasteiger partial charge in [0.25, 0.3) is 0 Å². The first-order chi connectivity index (χ1) is 14.3. The van der Waals surface area contributed by atoms with E-state index < -0.39 is 0 Å². The molecule has 3 heterocycles. The number of aromatic nitrogens is 4. The Morgan fingerprint density at radius 1 is 0.897 bits per heavy atom. The third-order valence-electron chi connectivity index (χ3n) is 4.46. The summed E-state index contributed by atoms with van der Waals surface area (Å²) in [4.78, 5) is 17.9. The third kappa shape index (κ3) is 4.73. The summed E-state index contributed by atoms with van der Waals surface area (Å²) in [6.07, 6.45) is 6.16. The zero-order chi connectivity index (χ0) is 19.9. The molecule has 4 aromatic rings. The summed E-state index contributed by atoms with van der Waals surface area (Å²) >= 11 is 0. The van der Waals surface area contributed by atoms with Crippen LogP contribution in [0.3, 0.4) is 0 Å². The van der Waals surface area contributed by atoms with Crippen LogP contribution in [0.1, 0.15) is 5.56 Å². The summed E-state index contributed by atoms with van der Waals surface area (Å²) in [7, 11) is 1.67. The first-order valence-electron chi connectivity index (χ1n) is 9.39. The highest BCUT2D eigenvalue weighted by atomic mass is 16.5. The van der Waals surface area contributed by atoms with E-state index in [9.17, 15) is 0 Å². The van der Waals surface area contributed by atoms with E-state index >= 15 is 0 Å². The van der Waals surface area contributed by atoms with Gasteiger partial charge in [0.05, 0.1) is 12.8 Å². The fourth-order valence-electron chi connectivity index (χ4n) is 2.94. The van der Waals surface area contributed by atoms with E-state index in [2.05, 4.69) is 32.4 Å². The van der Waals surface area contributed by atoms with Gasteiger partial charge in [-0.3, -0.25) is 9.97 Å². The fraction of sp³-hybridized carbons (Fsp3) is 0.130. The van der Waals surface area contributed by atoms with Gasteiger partial charge in [0, 0.05) is 36.8 Å². The molecule has 4 rings (SSSR count). The van der Waals surface area contributed by atoms with Crippen LogP contribution in [0.2, 0.25) is 0 Å². The molecule has 6 heteroatoms. The summed E-state index contributed by atoms with van der Waals surface area (Å²) in [5.74, 6) is 2.20. The van der Waals surface area contributed by atoms with E-state index in [1.807, 2.05) is 48.5 Å². The molecule has 6 nitrogen and oxygen atoms in total. The first-order valence-corrected chi connectivity index (χ1v) is 9.39. The molecular formula is C23H21N5O. The van der Waals surface area contributed by atoms with E-state index in [0.29, 0.717) is 5.82 Å². The van der Waals surface area contributed by atoms with Gasteiger partial charge >= 0.3 is 0 Å². The van der Waals surface area contributed by atoms with Crippen LogP contribution in [-0.4, -0.2) is 33.6 Å². The van der Waals surface area contributed by atoms with Crippen molar-refractivity contribution >= 4 is 5.82 Å². The fourth-order valence-corrected chi connectivity index (χ4v) is 2.94. The average Bonchev–Trinajstić information content (AvgIpc) is 2.80. The minimum Gasteiger partial charge on any atom is -0.497 e. The molecule has 0 fully saturated rings. The molecule has 0 saturated carbocycles. The highest BCUT2D eigenvalue weighted by molar-refractivity contribution is 5.65. The SMILES string of the molecule is COc1ccc(CCNc2cc(-c3cccnc3)nc(-c3ccccn3)n2)cc1. The van der Waals surface area contributed by atoms with Gasteiger partial charge in [-0.05, 0) is 48.4 Å². The number of anilines is 1. The maximum absolute atomic E-state index is 5.21. The van der Waals surface area contributed by atoms with E-state index in [1.54, 1.807) is 25.7 Å². The van der Waals surface area contributed by atoms with E-state index in [4.69, 9.17) is 9.72 Å². The molecule has 0 aliphatic carbocycles. The van der Waals surface area contributed by atoms with Crippen molar-refractivity contribution in [2.45, 2.75) is 6.42 Å². The quantitative estimate of drug-likeness (QED) is 0.514. The van der Waals surface area contributed by atoms with Crippen LogP contribution in [0.15, 0.2) is 79.3 Å². The minimum atomic E-state index is 0.582. The van der Waals surface area contributed by atoms with Gasteiger partial charge in [-0.25, -0.2) is 9.97 Å². The maximum atomic E-state index is 5.21. The molecule has 1 N–H and O–H groups in total. The zero-order valence-electron chi connectivity index (χ0n) is 16.1. The molecule has 0 atom stereocenters. The first kappa shape index (κ1) is 18.6. The Bertz CT molecular complexity index is 996. The lowest BCUT2D eigenvalue weighted by atomic mass is 10.1. The number of hydrogen-bond acceptors (Lipinski definition) is 6. The van der Waals surface area contributed by atoms with Crippen molar-refractivity contribution in [3.05, 3.63) is 84.8 Å².